The molecule has 0 spiro atoms. The highest BCUT2D eigenvalue weighted by molar-refractivity contribution is 9.10. The molecule has 2 heterocycles. The Balaban J connectivity index is 2.20. The van der Waals surface area contributed by atoms with Crippen molar-refractivity contribution < 1.29 is 9.47 Å². The van der Waals surface area contributed by atoms with E-state index in [1.807, 2.05) is 30.7 Å². The maximum atomic E-state index is 5.83. The summed E-state index contributed by atoms with van der Waals surface area (Å²) >= 11 is 3.45. The molecule has 0 saturated carbocycles. The number of nitrogens with zero attached hydrogens (tertiary/aromatic N) is 2. The van der Waals surface area contributed by atoms with E-state index < -0.39 is 0 Å². The number of anilines is 1. The van der Waals surface area contributed by atoms with E-state index in [9.17, 15) is 0 Å². The third kappa shape index (κ3) is 1.96. The summed E-state index contributed by atoms with van der Waals surface area (Å²) in [6.45, 7) is 3.20. The molecule has 2 aromatic rings. The van der Waals surface area contributed by atoms with E-state index >= 15 is 0 Å². The van der Waals surface area contributed by atoms with Gasteiger partial charge in [-0.05, 0) is 40.5 Å². The number of benzene rings is 1. The van der Waals surface area contributed by atoms with Gasteiger partial charge < -0.3 is 19.8 Å². The summed E-state index contributed by atoms with van der Waals surface area (Å²) in [5.41, 5.74) is 8.89. The van der Waals surface area contributed by atoms with Crippen LogP contribution in [0.4, 0.5) is 5.95 Å². The predicted octanol–water partition coefficient (Wildman–Crippen LogP) is 2.51. The van der Waals surface area contributed by atoms with Crippen LogP contribution in [0.1, 0.15) is 5.56 Å². The Bertz CT molecular complexity index is 652. The second-order valence-corrected chi connectivity index (χ2v) is 5.23. The summed E-state index contributed by atoms with van der Waals surface area (Å²) in [4.78, 5) is 4.23. The van der Waals surface area contributed by atoms with Gasteiger partial charge in [0.2, 0.25) is 5.95 Å². The molecule has 1 aromatic heterocycles. The SMILES string of the molecule is Cc1cc2c(cc1-c1c(Br)nc(N)n1C)OCCO2. The lowest BCUT2D eigenvalue weighted by Crippen LogP contribution is -2.15. The number of nitrogen functional groups attached to an aromatic ring is 1. The number of aromatic nitrogens is 2. The summed E-state index contributed by atoms with van der Waals surface area (Å²) in [6, 6.07) is 3.96. The van der Waals surface area contributed by atoms with Gasteiger partial charge in [-0.25, -0.2) is 4.98 Å². The van der Waals surface area contributed by atoms with Gasteiger partial charge in [0.15, 0.2) is 11.5 Å². The number of aryl methyl sites for hydroxylation is 1. The van der Waals surface area contributed by atoms with Crippen LogP contribution in [0.5, 0.6) is 11.5 Å². The molecule has 2 N–H and O–H groups in total. The molecular formula is C13H14BrN3O2. The van der Waals surface area contributed by atoms with Crippen molar-refractivity contribution in [3.8, 4) is 22.8 Å². The number of ether oxygens (including phenoxy) is 2. The fourth-order valence-corrected chi connectivity index (χ4v) is 2.88. The number of nitrogens with two attached hydrogens (primary N) is 1. The van der Waals surface area contributed by atoms with Crippen LogP contribution in [-0.2, 0) is 7.05 Å². The quantitative estimate of drug-likeness (QED) is 0.875. The van der Waals surface area contributed by atoms with Crippen LogP contribution in [0.3, 0.4) is 0 Å². The average molecular weight is 324 g/mol. The number of hydrogen-bond donors (Lipinski definition) is 1. The van der Waals surface area contributed by atoms with Crippen LogP contribution in [0.2, 0.25) is 0 Å². The molecule has 0 unspecified atom stereocenters. The molecule has 0 radical (unpaired) electrons. The lowest BCUT2D eigenvalue weighted by molar-refractivity contribution is 0.171. The van der Waals surface area contributed by atoms with Gasteiger partial charge in [0, 0.05) is 12.6 Å². The number of halogens is 1. The van der Waals surface area contributed by atoms with Crippen LogP contribution in [0, 0.1) is 6.92 Å². The minimum atomic E-state index is 0.469. The Labute approximate surface area is 119 Å². The first kappa shape index (κ1) is 12.3. The fraction of sp³-hybridized carbons (Fsp3) is 0.308. The monoisotopic (exact) mass is 323 g/mol. The second-order valence-electron chi connectivity index (χ2n) is 4.48. The average Bonchev–Trinajstić information content (AvgIpc) is 2.63. The third-order valence-corrected chi connectivity index (χ3v) is 3.78. The lowest BCUT2D eigenvalue weighted by Gasteiger charge is -2.20. The predicted molar refractivity (Wildman–Crippen MR) is 76.5 cm³/mol. The van der Waals surface area contributed by atoms with Crippen molar-refractivity contribution in [2.75, 3.05) is 18.9 Å². The van der Waals surface area contributed by atoms with Crippen molar-refractivity contribution in [3.63, 3.8) is 0 Å². The van der Waals surface area contributed by atoms with E-state index in [0.29, 0.717) is 19.2 Å². The molecule has 3 rings (SSSR count). The Hall–Kier alpha value is -1.69. The zero-order chi connectivity index (χ0) is 13.6. The van der Waals surface area contributed by atoms with Gasteiger partial charge in [-0.2, -0.15) is 0 Å². The molecule has 1 aliphatic heterocycles. The van der Waals surface area contributed by atoms with Gasteiger partial charge in [0.25, 0.3) is 0 Å². The number of hydrogen-bond acceptors (Lipinski definition) is 4. The van der Waals surface area contributed by atoms with E-state index in [4.69, 9.17) is 15.2 Å². The van der Waals surface area contributed by atoms with Crippen LogP contribution in [0.25, 0.3) is 11.3 Å². The molecule has 1 aliphatic rings. The number of rotatable bonds is 1. The van der Waals surface area contributed by atoms with Gasteiger partial charge >= 0.3 is 0 Å². The molecule has 100 valence electrons. The van der Waals surface area contributed by atoms with Crippen molar-refractivity contribution in [1.82, 2.24) is 9.55 Å². The molecule has 0 bridgehead atoms. The van der Waals surface area contributed by atoms with Crippen molar-refractivity contribution in [1.29, 1.82) is 0 Å². The molecular weight excluding hydrogens is 310 g/mol. The van der Waals surface area contributed by atoms with Crippen LogP contribution >= 0.6 is 15.9 Å². The first-order valence-electron chi connectivity index (χ1n) is 5.96. The Morgan fingerprint density at radius 1 is 1.26 bits per heavy atom. The molecule has 5 nitrogen and oxygen atoms in total. The van der Waals surface area contributed by atoms with Gasteiger partial charge in [0.1, 0.15) is 17.8 Å². The number of fused-ring (bicyclic) bond motifs is 1. The highest BCUT2D eigenvalue weighted by Gasteiger charge is 2.19. The Morgan fingerprint density at radius 3 is 2.47 bits per heavy atom. The maximum absolute atomic E-state index is 5.83. The molecule has 6 heteroatoms. The molecule has 0 saturated heterocycles. The normalized spacial score (nSPS) is 13.6. The fourth-order valence-electron chi connectivity index (χ4n) is 2.22. The Morgan fingerprint density at radius 2 is 1.89 bits per heavy atom. The molecule has 0 atom stereocenters. The van der Waals surface area contributed by atoms with Gasteiger partial charge in [-0.1, -0.05) is 0 Å². The second kappa shape index (κ2) is 4.45. The summed E-state index contributed by atoms with van der Waals surface area (Å²) in [5.74, 6) is 2.02. The third-order valence-electron chi connectivity index (χ3n) is 3.23. The summed E-state index contributed by atoms with van der Waals surface area (Å²) in [6.07, 6.45) is 0. The minimum absolute atomic E-state index is 0.469. The van der Waals surface area contributed by atoms with Crippen LogP contribution in [0.15, 0.2) is 16.7 Å². The molecule has 19 heavy (non-hydrogen) atoms. The topological polar surface area (TPSA) is 62.3 Å². The van der Waals surface area contributed by atoms with E-state index in [-0.39, 0.29) is 0 Å². The number of imidazole rings is 1. The van der Waals surface area contributed by atoms with Crippen molar-refractivity contribution >= 4 is 21.9 Å². The first-order chi connectivity index (χ1) is 9.08. The smallest absolute Gasteiger partial charge is 0.201 e. The van der Waals surface area contributed by atoms with E-state index in [0.717, 1.165) is 32.9 Å². The zero-order valence-electron chi connectivity index (χ0n) is 10.7. The van der Waals surface area contributed by atoms with Gasteiger partial charge in [-0.15, -0.1) is 0 Å². The maximum Gasteiger partial charge on any atom is 0.201 e. The molecule has 0 fully saturated rings. The summed E-state index contributed by atoms with van der Waals surface area (Å²) in [5, 5.41) is 0. The highest BCUT2D eigenvalue weighted by atomic mass is 79.9. The highest BCUT2D eigenvalue weighted by Crippen LogP contribution is 2.39. The van der Waals surface area contributed by atoms with Gasteiger partial charge in [0.05, 0.1) is 5.69 Å². The van der Waals surface area contributed by atoms with Gasteiger partial charge in [-0.3, -0.25) is 0 Å². The summed E-state index contributed by atoms with van der Waals surface area (Å²) < 4.78 is 13.8. The Kier molecular flexibility index (Phi) is 2.89. The van der Waals surface area contributed by atoms with Crippen LogP contribution in [-0.4, -0.2) is 22.8 Å². The summed E-state index contributed by atoms with van der Waals surface area (Å²) in [7, 11) is 1.89. The van der Waals surface area contributed by atoms with E-state index in [2.05, 4.69) is 20.9 Å². The molecule has 0 amide bonds. The molecule has 1 aromatic carbocycles. The van der Waals surface area contributed by atoms with Crippen LogP contribution < -0.4 is 15.2 Å². The first-order valence-corrected chi connectivity index (χ1v) is 6.75. The zero-order valence-corrected chi connectivity index (χ0v) is 12.3. The lowest BCUT2D eigenvalue weighted by atomic mass is 10.0. The van der Waals surface area contributed by atoms with E-state index in [1.54, 1.807) is 0 Å². The van der Waals surface area contributed by atoms with Crippen molar-refractivity contribution in [2.45, 2.75) is 6.92 Å². The molecule has 0 aliphatic carbocycles. The minimum Gasteiger partial charge on any atom is -0.486 e. The van der Waals surface area contributed by atoms with Crippen molar-refractivity contribution in [3.05, 3.63) is 22.3 Å². The van der Waals surface area contributed by atoms with Crippen molar-refractivity contribution in [2.24, 2.45) is 7.05 Å². The van der Waals surface area contributed by atoms with E-state index in [1.165, 1.54) is 0 Å². The standard InChI is InChI=1S/C13H14BrN3O2/c1-7-5-9-10(19-4-3-18-9)6-8(7)11-12(14)16-13(15)17(11)2/h5-6H,3-4H2,1-2H3,(H2,15,16). The largest absolute Gasteiger partial charge is 0.486 e.